The molecule has 1 aliphatic heterocycles. The predicted molar refractivity (Wildman–Crippen MR) is 84.7 cm³/mol. The number of fused-ring (bicyclic) bond motifs is 1. The number of nitro groups is 1. The van der Waals surface area contributed by atoms with Crippen LogP contribution in [0.2, 0.25) is 5.02 Å². The lowest BCUT2D eigenvalue weighted by Gasteiger charge is -2.31. The largest absolute Gasteiger partial charge is 0.483 e. The summed E-state index contributed by atoms with van der Waals surface area (Å²) in [5.74, 6) is 0.539. The van der Waals surface area contributed by atoms with E-state index in [1.54, 1.807) is 18.3 Å². The van der Waals surface area contributed by atoms with Crippen LogP contribution in [0.25, 0.3) is 5.70 Å². The maximum atomic E-state index is 12.4. The third-order valence-electron chi connectivity index (χ3n) is 3.34. The SMILES string of the molecule is CC1(C)C=C(n2cc([N+](=O)[O-])cc(Cl)c2=O)c2cnccc2O1. The molecule has 2 aromatic heterocycles. The summed E-state index contributed by atoms with van der Waals surface area (Å²) in [6.45, 7) is 3.64. The average Bonchev–Trinajstić information content (AvgIpc) is 2.48. The smallest absolute Gasteiger partial charge is 0.287 e. The fraction of sp³-hybridized carbons (Fsp3) is 0.200. The predicted octanol–water partition coefficient (Wildman–Crippen LogP) is 2.87. The molecule has 0 amide bonds. The van der Waals surface area contributed by atoms with Gasteiger partial charge in [0.1, 0.15) is 16.4 Å². The van der Waals surface area contributed by atoms with Gasteiger partial charge in [-0.15, -0.1) is 0 Å². The summed E-state index contributed by atoms with van der Waals surface area (Å²) in [7, 11) is 0. The van der Waals surface area contributed by atoms with Gasteiger partial charge in [-0.25, -0.2) is 0 Å². The van der Waals surface area contributed by atoms with E-state index in [0.717, 1.165) is 16.8 Å². The Balaban J connectivity index is 2.31. The first-order valence-electron chi connectivity index (χ1n) is 6.72. The Bertz CT molecular complexity index is 902. The molecule has 0 radical (unpaired) electrons. The number of hydrogen-bond donors (Lipinski definition) is 0. The van der Waals surface area contributed by atoms with Gasteiger partial charge in [-0.2, -0.15) is 0 Å². The van der Waals surface area contributed by atoms with Crippen molar-refractivity contribution in [1.29, 1.82) is 0 Å². The molecule has 23 heavy (non-hydrogen) atoms. The molecule has 118 valence electrons. The number of hydrogen-bond acceptors (Lipinski definition) is 5. The fourth-order valence-electron chi connectivity index (χ4n) is 2.40. The Morgan fingerprint density at radius 1 is 1.43 bits per heavy atom. The second-order valence-electron chi connectivity index (χ2n) is 5.59. The van der Waals surface area contributed by atoms with E-state index in [9.17, 15) is 14.9 Å². The van der Waals surface area contributed by atoms with Gasteiger partial charge in [0.2, 0.25) is 0 Å². The van der Waals surface area contributed by atoms with Crippen LogP contribution < -0.4 is 10.3 Å². The monoisotopic (exact) mass is 333 g/mol. The molecule has 8 heteroatoms. The molecule has 2 aromatic rings. The molecule has 3 rings (SSSR count). The first-order valence-corrected chi connectivity index (χ1v) is 7.09. The Morgan fingerprint density at radius 3 is 2.87 bits per heavy atom. The van der Waals surface area contributed by atoms with E-state index in [1.807, 2.05) is 13.8 Å². The van der Waals surface area contributed by atoms with Crippen LogP contribution in [0.1, 0.15) is 19.4 Å². The van der Waals surface area contributed by atoms with Crippen LogP contribution in [0, 0.1) is 10.1 Å². The molecule has 0 bridgehead atoms. The Hall–Kier alpha value is -2.67. The molecule has 0 atom stereocenters. The maximum absolute atomic E-state index is 12.4. The molecule has 7 nitrogen and oxygen atoms in total. The van der Waals surface area contributed by atoms with Gasteiger partial charge in [-0.1, -0.05) is 11.6 Å². The molecule has 0 spiro atoms. The zero-order valence-corrected chi connectivity index (χ0v) is 13.1. The van der Waals surface area contributed by atoms with E-state index in [2.05, 4.69) is 4.98 Å². The summed E-state index contributed by atoms with van der Waals surface area (Å²) >= 11 is 5.87. The highest BCUT2D eigenvalue weighted by Crippen LogP contribution is 2.36. The van der Waals surface area contributed by atoms with Crippen molar-refractivity contribution in [3.05, 3.63) is 67.9 Å². The van der Waals surface area contributed by atoms with Crippen LogP contribution in [0.5, 0.6) is 5.75 Å². The second-order valence-corrected chi connectivity index (χ2v) is 5.99. The number of ether oxygens (including phenoxy) is 1. The van der Waals surface area contributed by atoms with Gasteiger partial charge in [0.25, 0.3) is 11.2 Å². The molecule has 0 aromatic carbocycles. The summed E-state index contributed by atoms with van der Waals surface area (Å²) in [5, 5.41) is 10.8. The highest BCUT2D eigenvalue weighted by Gasteiger charge is 2.29. The first kappa shape index (κ1) is 15.2. The van der Waals surface area contributed by atoms with Gasteiger partial charge in [0, 0.05) is 18.5 Å². The lowest BCUT2D eigenvalue weighted by Crippen LogP contribution is -2.32. The number of aromatic nitrogens is 2. The quantitative estimate of drug-likeness (QED) is 0.623. The van der Waals surface area contributed by atoms with Gasteiger partial charge in [-0.3, -0.25) is 24.5 Å². The zero-order valence-electron chi connectivity index (χ0n) is 12.3. The summed E-state index contributed by atoms with van der Waals surface area (Å²) in [5.41, 5.74) is -0.507. The van der Waals surface area contributed by atoms with Crippen molar-refractivity contribution in [2.75, 3.05) is 0 Å². The standard InChI is InChI=1S/C15H12ClN3O4/c1-15(2)6-12(10-7-17-4-3-13(10)23-15)18-8-9(19(21)22)5-11(16)14(18)20/h3-8H,1-2H3. The molecule has 0 N–H and O–H groups in total. The summed E-state index contributed by atoms with van der Waals surface area (Å²) in [6, 6.07) is 2.71. The number of rotatable bonds is 2. The topological polar surface area (TPSA) is 87.3 Å². The molecule has 0 saturated heterocycles. The minimum atomic E-state index is -0.694. The van der Waals surface area contributed by atoms with Crippen molar-refractivity contribution < 1.29 is 9.66 Å². The van der Waals surface area contributed by atoms with Crippen molar-refractivity contribution in [2.45, 2.75) is 19.4 Å². The number of halogens is 1. The van der Waals surface area contributed by atoms with E-state index < -0.39 is 16.1 Å². The van der Waals surface area contributed by atoms with E-state index in [-0.39, 0.29) is 10.7 Å². The second kappa shape index (κ2) is 5.20. The van der Waals surface area contributed by atoms with E-state index in [0.29, 0.717) is 17.0 Å². The molecule has 1 aliphatic rings. The van der Waals surface area contributed by atoms with Crippen molar-refractivity contribution in [2.24, 2.45) is 0 Å². The number of pyridine rings is 2. The van der Waals surface area contributed by atoms with Crippen molar-refractivity contribution in [3.63, 3.8) is 0 Å². The fourth-order valence-corrected chi connectivity index (χ4v) is 2.60. The first-order chi connectivity index (χ1) is 10.8. The van der Waals surface area contributed by atoms with Crippen LogP contribution >= 0.6 is 11.6 Å². The Labute approximate surface area is 135 Å². The highest BCUT2D eigenvalue weighted by atomic mass is 35.5. The molecule has 3 heterocycles. The van der Waals surface area contributed by atoms with Crippen molar-refractivity contribution in [1.82, 2.24) is 9.55 Å². The van der Waals surface area contributed by atoms with Crippen molar-refractivity contribution in [3.8, 4) is 5.75 Å². The van der Waals surface area contributed by atoms with Gasteiger partial charge < -0.3 is 4.74 Å². The Kier molecular flexibility index (Phi) is 3.45. The summed E-state index contributed by atoms with van der Waals surface area (Å²) in [6.07, 6.45) is 5.97. The van der Waals surface area contributed by atoms with Gasteiger partial charge in [0.15, 0.2) is 0 Å². The van der Waals surface area contributed by atoms with Crippen LogP contribution in [-0.4, -0.2) is 20.1 Å². The van der Waals surface area contributed by atoms with Gasteiger partial charge >= 0.3 is 0 Å². The number of nitrogens with zero attached hydrogens (tertiary/aromatic N) is 3. The minimum absolute atomic E-state index is 0.227. The van der Waals surface area contributed by atoms with Crippen LogP contribution in [0.15, 0.2) is 41.6 Å². The normalized spacial score (nSPS) is 15.3. The molecule has 0 aliphatic carbocycles. The van der Waals surface area contributed by atoms with E-state index in [1.165, 1.54) is 6.20 Å². The zero-order chi connectivity index (χ0) is 16.8. The van der Waals surface area contributed by atoms with Crippen LogP contribution in [-0.2, 0) is 0 Å². The average molecular weight is 334 g/mol. The van der Waals surface area contributed by atoms with Crippen LogP contribution in [0.4, 0.5) is 5.69 Å². The maximum Gasteiger partial charge on any atom is 0.287 e. The molecule has 0 fully saturated rings. The molecular weight excluding hydrogens is 322 g/mol. The van der Waals surface area contributed by atoms with Gasteiger partial charge in [-0.05, 0) is 26.0 Å². The van der Waals surface area contributed by atoms with Crippen LogP contribution in [0.3, 0.4) is 0 Å². The third kappa shape index (κ3) is 2.70. The van der Waals surface area contributed by atoms with Crippen molar-refractivity contribution >= 4 is 23.0 Å². The minimum Gasteiger partial charge on any atom is -0.483 e. The lowest BCUT2D eigenvalue weighted by molar-refractivity contribution is -0.385. The highest BCUT2D eigenvalue weighted by molar-refractivity contribution is 6.30. The molecule has 0 saturated carbocycles. The van der Waals surface area contributed by atoms with E-state index >= 15 is 0 Å². The Morgan fingerprint density at radius 2 is 2.17 bits per heavy atom. The van der Waals surface area contributed by atoms with E-state index in [4.69, 9.17) is 16.3 Å². The molecule has 0 unspecified atom stereocenters. The molecular formula is C15H12ClN3O4. The summed E-state index contributed by atoms with van der Waals surface area (Å²) in [4.78, 5) is 26.8. The summed E-state index contributed by atoms with van der Waals surface area (Å²) < 4.78 is 6.98. The third-order valence-corrected chi connectivity index (χ3v) is 3.61. The van der Waals surface area contributed by atoms with Gasteiger partial charge in [0.05, 0.1) is 22.4 Å². The lowest BCUT2D eigenvalue weighted by atomic mass is 10.0.